The maximum absolute atomic E-state index is 7.27. The number of fused-ring (bicyclic) bond motifs is 3. The number of hydrogen-bond donors (Lipinski definition) is 0. The second kappa shape index (κ2) is 28.2. The molecule has 18 nitrogen and oxygen atoms in total. The molecule has 6 fully saturated rings. The molecule has 24 heteroatoms. The highest BCUT2D eigenvalue weighted by Gasteiger charge is 2.44. The first kappa shape index (κ1) is 69.1. The van der Waals surface area contributed by atoms with Gasteiger partial charge in [-0.3, -0.25) is 14.7 Å². The lowest BCUT2D eigenvalue weighted by Gasteiger charge is -2.43. The first-order chi connectivity index (χ1) is 47.6. The average Bonchev–Trinajstić information content (AvgIpc) is 1.64. The summed E-state index contributed by atoms with van der Waals surface area (Å²) in [7, 11) is 0. The summed E-state index contributed by atoms with van der Waals surface area (Å²) < 4.78 is 6.22. The van der Waals surface area contributed by atoms with E-state index < -0.39 is 0 Å². The number of nitrogens with zero attached hydrogens (tertiary/aromatic N) is 18. The Hall–Kier alpha value is -5.67. The fraction of sp³-hybridized carbons (Fsp3) is 0.560. The van der Waals surface area contributed by atoms with Crippen molar-refractivity contribution in [1.82, 2.24) is 73.9 Å². The monoisotopic (exact) mass is 1450 g/mol. The van der Waals surface area contributed by atoms with Crippen molar-refractivity contribution in [3.8, 4) is 0 Å². The Labute approximate surface area is 612 Å². The van der Waals surface area contributed by atoms with E-state index in [0.29, 0.717) is 96.0 Å². The molecule has 14 atom stereocenters. The van der Waals surface area contributed by atoms with Gasteiger partial charge in [-0.25, -0.2) is 43.9 Å². The molecular formula is C75H92Cl6N18. The van der Waals surface area contributed by atoms with E-state index in [1.54, 1.807) is 6.07 Å². The molecule has 0 bridgehead atoms. The maximum Gasteiger partial charge on any atom is 0.179 e. The van der Waals surface area contributed by atoms with Crippen LogP contribution in [0.15, 0.2) is 73.2 Å². The molecule has 6 aromatic heterocycles. The molecule has 6 aliphatic heterocycles. The fourth-order valence-corrected chi connectivity index (χ4v) is 20.3. The molecule has 6 aliphatic rings. The van der Waals surface area contributed by atoms with E-state index in [-0.39, 0.29) is 18.1 Å². The van der Waals surface area contributed by atoms with Gasteiger partial charge < -0.3 is 14.7 Å². The number of piperidine rings is 3. The zero-order chi connectivity index (χ0) is 69.0. The Morgan fingerprint density at radius 1 is 0.424 bits per heavy atom. The summed E-state index contributed by atoms with van der Waals surface area (Å²) in [6, 6.07) is 19.7. The first-order valence-corrected chi connectivity index (χ1v) is 38.4. The van der Waals surface area contributed by atoms with Gasteiger partial charge in [-0.15, -0.1) is 0 Å². The van der Waals surface area contributed by atoms with Crippen molar-refractivity contribution in [1.29, 1.82) is 0 Å². The molecule has 0 aliphatic carbocycles. The summed E-state index contributed by atoms with van der Waals surface area (Å²) in [5.74, 6) is 4.66. The van der Waals surface area contributed by atoms with Gasteiger partial charge in [0, 0.05) is 119 Å². The molecule has 0 amide bonds. The number of anilines is 3. The van der Waals surface area contributed by atoms with Gasteiger partial charge in [0.15, 0.2) is 16.9 Å². The molecule has 12 heterocycles. The van der Waals surface area contributed by atoms with E-state index in [1.807, 2.05) is 73.5 Å². The predicted octanol–water partition coefficient (Wildman–Crippen LogP) is 16.5. The third-order valence-electron chi connectivity index (χ3n) is 23.7. The quantitative estimate of drug-likeness (QED) is 0.0902. The van der Waals surface area contributed by atoms with E-state index in [0.717, 1.165) is 182 Å². The molecule has 15 rings (SSSR count). The van der Waals surface area contributed by atoms with Gasteiger partial charge in [-0.1, -0.05) is 109 Å². The Bertz CT molecular complexity index is 4460. The third-order valence-corrected chi connectivity index (χ3v) is 25.3. The molecular weight excluding hydrogens is 1370 g/mol. The molecule has 0 spiro atoms. The van der Waals surface area contributed by atoms with E-state index in [1.165, 1.54) is 19.4 Å². The Balaban J connectivity index is 0.628. The Kier molecular flexibility index (Phi) is 19.7. The fourth-order valence-electron chi connectivity index (χ4n) is 18.7. The van der Waals surface area contributed by atoms with Gasteiger partial charge >= 0.3 is 0 Å². The number of rotatable bonds is 16. The van der Waals surface area contributed by atoms with Crippen LogP contribution in [0.3, 0.4) is 0 Å². The van der Waals surface area contributed by atoms with Crippen molar-refractivity contribution in [2.75, 3.05) is 73.6 Å². The van der Waals surface area contributed by atoms with Crippen LogP contribution in [-0.2, 0) is 0 Å². The lowest BCUT2D eigenvalue weighted by atomic mass is 9.91. The highest BCUT2D eigenvalue weighted by atomic mass is 35.5. The van der Waals surface area contributed by atoms with Crippen molar-refractivity contribution in [3.63, 3.8) is 0 Å². The molecule has 0 radical (unpaired) electrons. The normalized spacial score (nSPS) is 27.0. The van der Waals surface area contributed by atoms with Gasteiger partial charge in [0.05, 0.1) is 53.8 Å². The van der Waals surface area contributed by atoms with Gasteiger partial charge in [0.25, 0.3) is 0 Å². The third kappa shape index (κ3) is 13.4. The smallest absolute Gasteiger partial charge is 0.179 e. The molecule has 6 saturated heterocycles. The summed E-state index contributed by atoms with van der Waals surface area (Å²) >= 11 is 40.8. The van der Waals surface area contributed by atoms with Crippen LogP contribution < -0.4 is 14.7 Å². The van der Waals surface area contributed by atoms with Crippen LogP contribution in [0.2, 0.25) is 30.1 Å². The zero-order valence-corrected chi connectivity index (χ0v) is 63.1. The van der Waals surface area contributed by atoms with E-state index in [9.17, 15) is 0 Å². The van der Waals surface area contributed by atoms with Crippen LogP contribution in [0.1, 0.15) is 158 Å². The molecule has 3 aromatic carbocycles. The van der Waals surface area contributed by atoms with E-state index in [2.05, 4.69) is 106 Å². The molecule has 524 valence electrons. The number of likely N-dealkylation sites (tertiary alicyclic amines) is 3. The highest BCUT2D eigenvalue weighted by Crippen LogP contribution is 2.45. The van der Waals surface area contributed by atoms with Gasteiger partial charge in [-0.2, -0.15) is 15.3 Å². The van der Waals surface area contributed by atoms with Crippen molar-refractivity contribution >= 4 is 121 Å². The summed E-state index contributed by atoms with van der Waals surface area (Å²) in [4.78, 5) is 47.1. The number of benzene rings is 3. The summed E-state index contributed by atoms with van der Waals surface area (Å²) in [6.45, 7) is 31.1. The summed E-state index contributed by atoms with van der Waals surface area (Å²) in [5, 5.41) is 19.2. The lowest BCUT2D eigenvalue weighted by molar-refractivity contribution is 0.119. The van der Waals surface area contributed by atoms with Gasteiger partial charge in [-0.05, 0) is 195 Å². The van der Waals surface area contributed by atoms with Gasteiger partial charge in [0.2, 0.25) is 0 Å². The van der Waals surface area contributed by atoms with Crippen LogP contribution in [0.25, 0.3) is 33.5 Å². The highest BCUT2D eigenvalue weighted by molar-refractivity contribution is 6.36. The second-order valence-electron chi connectivity index (χ2n) is 30.3. The summed E-state index contributed by atoms with van der Waals surface area (Å²) in [5.41, 5.74) is 10.2. The van der Waals surface area contributed by atoms with E-state index >= 15 is 0 Å². The minimum Gasteiger partial charge on any atom is -0.355 e. The summed E-state index contributed by atoms with van der Waals surface area (Å²) in [6.07, 6.45) is 15.4. The van der Waals surface area contributed by atoms with Crippen molar-refractivity contribution in [2.24, 2.45) is 29.6 Å². The molecule has 0 N–H and O–H groups in total. The average molecular weight is 1460 g/mol. The van der Waals surface area contributed by atoms with Crippen molar-refractivity contribution < 1.29 is 0 Å². The van der Waals surface area contributed by atoms with Crippen molar-refractivity contribution in [3.05, 3.63) is 137 Å². The SMILES string of the molecule is Cc1nn(C(C)c2ccc(Cl)cc2Cl)c2nc(N3CCC(N4CC(CC(c5ccc(Cl)cc5Cl)n5nc(C)c6ncc(N7CCC(N8CC(CC(c9ccc(Cl)cc9Cl)n9nc(C)c%10ncc(N%11CC[C@H](N%12CCC[C@H]%12C)[C@H](C)C%11)nc%109)C[C@@H]8C)C(C)C7)nc65)C[C@@H]4C)[C@H](C)C3)cnc12. The topological polar surface area (TPSA) is 150 Å². The lowest BCUT2D eigenvalue weighted by Crippen LogP contribution is -2.51. The minimum atomic E-state index is -0.206. The van der Waals surface area contributed by atoms with Gasteiger partial charge in [0.1, 0.15) is 34.0 Å². The largest absolute Gasteiger partial charge is 0.355 e. The number of aryl methyl sites for hydroxylation is 3. The van der Waals surface area contributed by atoms with Crippen molar-refractivity contribution in [2.45, 2.75) is 181 Å². The molecule has 0 saturated carbocycles. The van der Waals surface area contributed by atoms with Crippen LogP contribution in [0.4, 0.5) is 17.5 Å². The van der Waals surface area contributed by atoms with Crippen LogP contribution in [-0.4, -0.2) is 169 Å². The zero-order valence-electron chi connectivity index (χ0n) is 58.6. The number of halogens is 6. The molecule has 8 unspecified atom stereocenters. The molecule has 9 aromatic rings. The van der Waals surface area contributed by atoms with Crippen LogP contribution >= 0.6 is 69.6 Å². The number of hydrogen-bond acceptors (Lipinski definition) is 15. The van der Waals surface area contributed by atoms with Crippen LogP contribution in [0, 0.1) is 50.4 Å². The number of aromatic nitrogens is 12. The standard InChI is InChI=1S/C75H92Cl6N18/c1-41-36-91(23-19-62(41)94-22-11-12-44(94)4)68-34-83-71-48(8)89-98(74(71)86-68)65(57-17-14-54(77)31-60(57)80)28-52-27-46(6)96(40-52)64-21-25-93(38-43(64)3)69-35-84-72-49(9)90-99(75(72)87-69)66(58-18-15-55(78)32-61(58)81)29-51-26-45(5)95(39-51)63-20-24-92(37-42(63)2)67-33-82-70-47(7)88-97(73(70)85-67)50(10)56-16-13-53(76)30-59(56)79/h13-18,30-35,41-46,50-52,62-66H,11-12,19-29,36-40H2,1-10H3/t41-,42-,43?,44-,45+,46+,50?,51?,52?,62+,63?,64?,65?,66?/m1/s1. The Morgan fingerprint density at radius 2 is 0.788 bits per heavy atom. The minimum absolute atomic E-state index is 0.171. The maximum atomic E-state index is 7.27. The van der Waals surface area contributed by atoms with Crippen LogP contribution in [0.5, 0.6) is 0 Å². The Morgan fingerprint density at radius 3 is 1.15 bits per heavy atom. The predicted molar refractivity (Wildman–Crippen MR) is 402 cm³/mol. The second-order valence-corrected chi connectivity index (χ2v) is 32.9. The van der Waals surface area contributed by atoms with E-state index in [4.69, 9.17) is 115 Å². The first-order valence-electron chi connectivity index (χ1n) is 36.1. The molecule has 99 heavy (non-hydrogen) atoms.